The third kappa shape index (κ3) is 13.5. The lowest BCUT2D eigenvalue weighted by Crippen LogP contribution is -2.60. The zero-order chi connectivity index (χ0) is 44.6. The zero-order valence-corrected chi connectivity index (χ0v) is 35.3. The lowest BCUT2D eigenvalue weighted by molar-refractivity contribution is -0.396. The van der Waals surface area contributed by atoms with Crippen LogP contribution in [0.3, 0.4) is 0 Å². The summed E-state index contributed by atoms with van der Waals surface area (Å²) < 4.78 is 169. The molecule has 59 heavy (non-hydrogen) atoms. The van der Waals surface area contributed by atoms with Crippen molar-refractivity contribution in [1.29, 1.82) is 0 Å². The lowest BCUT2D eigenvalue weighted by atomic mass is 9.99. The highest BCUT2D eigenvalue weighted by Crippen LogP contribution is 2.54. The molecule has 328 valence electrons. The molecule has 0 amide bonds. The Bertz CT molecular complexity index is 1860. The first-order valence-electron chi connectivity index (χ1n) is 18.7. The summed E-state index contributed by atoms with van der Waals surface area (Å²) in [5.41, 5.74) is 0.116. The van der Waals surface area contributed by atoms with Crippen LogP contribution < -0.4 is 9.47 Å². The summed E-state index contributed by atoms with van der Waals surface area (Å²) in [6.45, 7) is 12.2. The van der Waals surface area contributed by atoms with Crippen LogP contribution in [0.5, 0.6) is 11.5 Å². The van der Waals surface area contributed by atoms with E-state index in [0.29, 0.717) is 6.42 Å². The average Bonchev–Trinajstić information content (AvgIpc) is 3.11. The third-order valence-corrected chi connectivity index (χ3v) is 15.1. The van der Waals surface area contributed by atoms with Gasteiger partial charge in [0.05, 0.1) is 23.8 Å². The quantitative estimate of drug-likeness (QED) is 0.0349. The zero-order valence-electron chi connectivity index (χ0n) is 33.3. The van der Waals surface area contributed by atoms with Crippen molar-refractivity contribution in [3.05, 3.63) is 83.4 Å². The first-order valence-corrected chi connectivity index (χ1v) is 25.3. The van der Waals surface area contributed by atoms with E-state index in [-0.39, 0.29) is 34.1 Å². The molecule has 6 nitrogen and oxygen atoms in total. The number of carbonyl (C=O) groups excluding carboxylic acids is 2. The van der Waals surface area contributed by atoms with Crippen molar-refractivity contribution >= 4 is 28.6 Å². The van der Waals surface area contributed by atoms with Gasteiger partial charge in [-0.3, -0.25) is 0 Å². The van der Waals surface area contributed by atoms with Gasteiger partial charge >= 0.3 is 35.9 Å². The number of hydrogen-bond donors (Lipinski definition) is 0. The van der Waals surface area contributed by atoms with Gasteiger partial charge in [0.15, 0.2) is 28.2 Å². The van der Waals surface area contributed by atoms with Gasteiger partial charge in [0.2, 0.25) is 5.82 Å². The van der Waals surface area contributed by atoms with E-state index in [4.69, 9.17) is 18.3 Å². The largest absolute Gasteiger partial charge is 0.490 e. The Labute approximate surface area is 337 Å². The van der Waals surface area contributed by atoms with Gasteiger partial charge in [0.25, 0.3) is 0 Å². The van der Waals surface area contributed by atoms with E-state index in [1.807, 2.05) is 6.92 Å². The fourth-order valence-electron chi connectivity index (χ4n) is 6.02. The topological polar surface area (TPSA) is 71.1 Å². The number of esters is 2. The number of ether oxygens (including phenoxy) is 3. The lowest BCUT2D eigenvalue weighted by Gasteiger charge is -2.33. The highest BCUT2D eigenvalue weighted by atomic mass is 28.4. The highest BCUT2D eigenvalue weighted by molar-refractivity contribution is 6.84. The van der Waals surface area contributed by atoms with Gasteiger partial charge in [-0.2, -0.15) is 43.9 Å². The molecule has 0 radical (unpaired) electrons. The molecule has 3 aromatic rings. The third-order valence-electron chi connectivity index (χ3n) is 8.91. The van der Waals surface area contributed by atoms with Gasteiger partial charge in [-0.15, -0.1) is 0 Å². The van der Waals surface area contributed by atoms with Crippen molar-refractivity contribution in [2.75, 3.05) is 6.61 Å². The number of hydrogen-bond acceptors (Lipinski definition) is 6. The van der Waals surface area contributed by atoms with E-state index in [1.165, 1.54) is 48.5 Å². The van der Waals surface area contributed by atoms with Crippen molar-refractivity contribution in [3.63, 3.8) is 0 Å². The number of carbonyl (C=O) groups is 2. The van der Waals surface area contributed by atoms with Gasteiger partial charge in [-0.05, 0) is 125 Å². The molecule has 0 fully saturated rings. The molecule has 0 aliphatic rings. The van der Waals surface area contributed by atoms with E-state index < -0.39 is 95.8 Å². The molecule has 0 saturated heterocycles. The summed E-state index contributed by atoms with van der Waals surface area (Å²) in [5.74, 6) is -24.4. The molecular weight excluding hydrogens is 842 g/mol. The van der Waals surface area contributed by atoms with Crippen LogP contribution in [0.15, 0.2) is 60.7 Å². The van der Waals surface area contributed by atoms with E-state index in [1.54, 1.807) is 0 Å². The average molecular weight is 889 g/mol. The minimum Gasteiger partial charge on any atom is -0.490 e. The Kier molecular flexibility index (Phi) is 16.4. The number of rotatable bonds is 21. The molecule has 3 rings (SSSR count). The number of benzene rings is 3. The minimum atomic E-state index is -7.00. The Morgan fingerprint density at radius 1 is 0.661 bits per heavy atom. The van der Waals surface area contributed by atoms with E-state index in [0.717, 1.165) is 37.4 Å². The maximum Gasteiger partial charge on any atom is 0.460 e. The standard InChI is InChI=1S/C40H47F11O6Si2/c1-26(12-8-7-11-25-59(5,6)57-58(2,3)4)55-35(52)29-17-19-30(20-18-29)56-36(53)28-15-13-27(14-16-28)31-21-22-32(34(42)33(31)41)54-24-10-9-23-37(43,44)38(45,46)39(47,48)40(49,50)51/h13-22,26H,7-12,23-25H2,1-6H3/t26-/m1/s1. The van der Waals surface area contributed by atoms with Crippen LogP contribution in [-0.2, 0) is 8.85 Å². The molecular formula is C40H47F11O6Si2. The first kappa shape index (κ1) is 49.4. The summed E-state index contributed by atoms with van der Waals surface area (Å²) >= 11 is 0. The van der Waals surface area contributed by atoms with E-state index in [9.17, 15) is 57.9 Å². The van der Waals surface area contributed by atoms with Crippen LogP contribution in [-0.4, -0.2) is 65.2 Å². The Hall–Kier alpha value is -3.98. The molecule has 0 N–H and O–H groups in total. The number of halogens is 11. The predicted molar refractivity (Wildman–Crippen MR) is 204 cm³/mol. The normalized spacial score (nSPS) is 13.6. The predicted octanol–water partition coefficient (Wildman–Crippen LogP) is 13.0. The Morgan fingerprint density at radius 2 is 1.24 bits per heavy atom. The highest BCUT2D eigenvalue weighted by Gasteiger charge is 2.81. The molecule has 0 aromatic heterocycles. The summed E-state index contributed by atoms with van der Waals surface area (Å²) in [6, 6.07) is 14.0. The maximum absolute atomic E-state index is 15.0. The minimum absolute atomic E-state index is 0.0341. The molecule has 0 spiro atoms. The fourth-order valence-corrected chi connectivity index (χ4v) is 14.2. The number of alkyl halides is 9. The number of unbranched alkanes of at least 4 members (excludes halogenated alkanes) is 3. The van der Waals surface area contributed by atoms with Crippen molar-refractivity contribution in [3.8, 4) is 22.6 Å². The summed E-state index contributed by atoms with van der Waals surface area (Å²) in [4.78, 5) is 25.4. The molecule has 0 aliphatic heterocycles. The van der Waals surface area contributed by atoms with Gasteiger partial charge in [-0.1, -0.05) is 25.0 Å². The van der Waals surface area contributed by atoms with Crippen LogP contribution in [0.4, 0.5) is 48.3 Å². The second-order valence-electron chi connectivity index (χ2n) is 15.7. The molecule has 0 heterocycles. The molecule has 0 saturated carbocycles. The first-order chi connectivity index (χ1) is 27.1. The van der Waals surface area contributed by atoms with Crippen LogP contribution in [0.1, 0.15) is 72.6 Å². The molecule has 19 heteroatoms. The molecule has 3 aromatic carbocycles. The van der Waals surface area contributed by atoms with E-state index >= 15 is 0 Å². The smallest absolute Gasteiger partial charge is 0.460 e. The van der Waals surface area contributed by atoms with Crippen molar-refractivity contribution in [2.45, 2.75) is 121 Å². The summed E-state index contributed by atoms with van der Waals surface area (Å²) in [6.07, 6.45) is -7.27. The Balaban J connectivity index is 1.48. The van der Waals surface area contributed by atoms with Crippen LogP contribution in [0, 0.1) is 11.6 Å². The molecule has 1 atom stereocenters. The molecule has 0 aliphatic carbocycles. The van der Waals surface area contributed by atoms with Crippen LogP contribution in [0.25, 0.3) is 11.1 Å². The maximum atomic E-state index is 15.0. The van der Waals surface area contributed by atoms with Gasteiger partial charge in [0.1, 0.15) is 5.75 Å². The Morgan fingerprint density at radius 3 is 1.81 bits per heavy atom. The van der Waals surface area contributed by atoms with Crippen molar-refractivity contribution < 1.29 is 76.2 Å². The van der Waals surface area contributed by atoms with Crippen molar-refractivity contribution in [2.24, 2.45) is 0 Å². The monoisotopic (exact) mass is 888 g/mol. The second kappa shape index (κ2) is 19.6. The van der Waals surface area contributed by atoms with E-state index in [2.05, 4.69) is 32.7 Å². The second-order valence-corrected chi connectivity index (χ2v) is 24.7. The van der Waals surface area contributed by atoms with Crippen LogP contribution in [0.2, 0.25) is 38.8 Å². The molecule has 0 bridgehead atoms. The van der Waals surface area contributed by atoms with Crippen molar-refractivity contribution in [1.82, 2.24) is 0 Å². The summed E-state index contributed by atoms with van der Waals surface area (Å²) in [7, 11) is -3.28. The van der Waals surface area contributed by atoms with Gasteiger partial charge in [-0.25, -0.2) is 14.0 Å². The fraction of sp³-hybridized carbons (Fsp3) is 0.500. The summed E-state index contributed by atoms with van der Waals surface area (Å²) in [5, 5.41) is 0. The van der Waals surface area contributed by atoms with Gasteiger partial charge in [0, 0.05) is 12.0 Å². The SMILES string of the molecule is C[C@H](CCCCC[Si](C)(C)O[Si](C)(C)C)OC(=O)c1ccc(OC(=O)c2ccc(-c3ccc(OCCCCC(F)(F)C(F)(F)C(F)(F)C(F)(F)F)c(F)c3F)cc2)cc1. The molecule has 0 unspecified atom stereocenters. The van der Waals surface area contributed by atoms with Crippen LogP contribution >= 0.6 is 0 Å². The van der Waals surface area contributed by atoms with Gasteiger partial charge < -0.3 is 18.3 Å².